The Kier molecular flexibility index (Phi) is 3.11. The van der Waals surface area contributed by atoms with Crippen LogP contribution in [0, 0.1) is 23.7 Å². The van der Waals surface area contributed by atoms with Crippen LogP contribution < -0.4 is 0 Å². The van der Waals surface area contributed by atoms with E-state index in [0.717, 1.165) is 16.9 Å². The maximum atomic E-state index is 12.7. The van der Waals surface area contributed by atoms with Crippen LogP contribution in [0.3, 0.4) is 0 Å². The number of imide groups is 1. The average Bonchev–Trinajstić information content (AvgIpc) is 3.21. The van der Waals surface area contributed by atoms with Crippen molar-refractivity contribution in [2.75, 3.05) is 0 Å². The molecule has 1 N–H and O–H groups in total. The zero-order valence-corrected chi connectivity index (χ0v) is 12.5. The van der Waals surface area contributed by atoms with Crippen LogP contribution in [0.1, 0.15) is 12.0 Å². The molecule has 1 aromatic rings. The van der Waals surface area contributed by atoms with Gasteiger partial charge < -0.3 is 5.11 Å². The summed E-state index contributed by atoms with van der Waals surface area (Å²) in [6.07, 6.45) is 5.01. The normalized spacial score (nSPS) is 32.4. The maximum absolute atomic E-state index is 12.7. The number of nitrogens with zero attached hydrogens (tertiary/aromatic N) is 1. The molecule has 1 heterocycles. The van der Waals surface area contributed by atoms with Gasteiger partial charge in [-0.25, -0.2) is 4.79 Å². The highest BCUT2D eigenvalue weighted by molar-refractivity contribution is 6.08. The Morgan fingerprint density at radius 2 is 1.65 bits per heavy atom. The number of amides is 2. The number of fused-ring (bicyclic) bond motifs is 5. The summed E-state index contributed by atoms with van der Waals surface area (Å²) in [5.41, 5.74) is 0.804. The fourth-order valence-electron chi connectivity index (χ4n) is 4.36. The molecule has 0 spiro atoms. The molecular weight excluding hydrogens is 294 g/mol. The lowest BCUT2D eigenvalue weighted by atomic mass is 9.85. The topological polar surface area (TPSA) is 74.7 Å². The third kappa shape index (κ3) is 2.03. The molecule has 2 aliphatic carbocycles. The van der Waals surface area contributed by atoms with Crippen LogP contribution in [0.4, 0.5) is 0 Å². The van der Waals surface area contributed by atoms with Gasteiger partial charge in [-0.1, -0.05) is 42.5 Å². The molecule has 1 saturated heterocycles. The van der Waals surface area contributed by atoms with E-state index in [1.165, 1.54) is 0 Å². The summed E-state index contributed by atoms with van der Waals surface area (Å²) < 4.78 is 0. The molecule has 5 nitrogen and oxygen atoms in total. The Balaban J connectivity index is 1.64. The number of hydrogen-bond acceptors (Lipinski definition) is 3. The van der Waals surface area contributed by atoms with Gasteiger partial charge in [-0.3, -0.25) is 14.5 Å². The van der Waals surface area contributed by atoms with Gasteiger partial charge in [0.25, 0.3) is 0 Å². The van der Waals surface area contributed by atoms with Gasteiger partial charge in [0.05, 0.1) is 11.8 Å². The standard InChI is InChI=1S/C18H17NO4/c20-16-14-11-6-7-12(9-11)15(14)17(21)19(16)13(18(22)23)8-10-4-2-1-3-5-10/h1-7,11-15H,8-9H2,(H,22,23)/t11-,12-,13-,14-,15+/m0/s1. The number of rotatable bonds is 4. The van der Waals surface area contributed by atoms with E-state index in [9.17, 15) is 19.5 Å². The summed E-state index contributed by atoms with van der Waals surface area (Å²) in [7, 11) is 0. The van der Waals surface area contributed by atoms with Gasteiger partial charge in [0.2, 0.25) is 11.8 Å². The number of hydrogen-bond donors (Lipinski definition) is 1. The highest BCUT2D eigenvalue weighted by Gasteiger charge is 2.61. The molecule has 2 amide bonds. The van der Waals surface area contributed by atoms with Gasteiger partial charge in [0, 0.05) is 6.42 Å². The molecule has 23 heavy (non-hydrogen) atoms. The monoisotopic (exact) mass is 311 g/mol. The van der Waals surface area contributed by atoms with Gasteiger partial charge in [-0.05, 0) is 23.8 Å². The van der Waals surface area contributed by atoms with E-state index < -0.39 is 12.0 Å². The highest BCUT2D eigenvalue weighted by atomic mass is 16.4. The first kappa shape index (κ1) is 14.2. The van der Waals surface area contributed by atoms with Gasteiger partial charge in [0.1, 0.15) is 6.04 Å². The number of benzene rings is 1. The summed E-state index contributed by atoms with van der Waals surface area (Å²) in [6, 6.07) is 7.99. The van der Waals surface area contributed by atoms with Crippen molar-refractivity contribution >= 4 is 17.8 Å². The Morgan fingerprint density at radius 1 is 1.09 bits per heavy atom. The molecule has 118 valence electrons. The summed E-state index contributed by atoms with van der Waals surface area (Å²) in [6.45, 7) is 0. The first-order valence-electron chi connectivity index (χ1n) is 7.90. The van der Waals surface area contributed by atoms with E-state index in [-0.39, 0.29) is 41.9 Å². The lowest BCUT2D eigenvalue weighted by Crippen LogP contribution is -2.47. The molecule has 1 aromatic carbocycles. The number of carboxylic acids is 1. The van der Waals surface area contributed by atoms with E-state index in [4.69, 9.17) is 0 Å². The summed E-state index contributed by atoms with van der Waals surface area (Å²) in [5.74, 6) is -2.25. The molecule has 5 heteroatoms. The molecule has 1 aliphatic heterocycles. The van der Waals surface area contributed by atoms with E-state index in [1.54, 1.807) is 0 Å². The largest absolute Gasteiger partial charge is 0.480 e. The lowest BCUT2D eigenvalue weighted by molar-refractivity contribution is -0.155. The third-order valence-electron chi connectivity index (χ3n) is 5.37. The van der Waals surface area contributed by atoms with Gasteiger partial charge in [-0.2, -0.15) is 0 Å². The van der Waals surface area contributed by atoms with E-state index in [1.807, 2.05) is 42.5 Å². The minimum Gasteiger partial charge on any atom is -0.480 e. The molecule has 2 fully saturated rings. The summed E-state index contributed by atoms with van der Waals surface area (Å²) in [4.78, 5) is 38.2. The molecular formula is C18H17NO4. The average molecular weight is 311 g/mol. The molecule has 0 aromatic heterocycles. The molecule has 0 radical (unpaired) electrons. The minimum absolute atomic E-state index is 0.0950. The van der Waals surface area contributed by atoms with Crippen LogP contribution in [0.15, 0.2) is 42.5 Å². The maximum Gasteiger partial charge on any atom is 0.327 e. The SMILES string of the molecule is O=C(O)[C@H](Cc1ccccc1)N1C(=O)[C@@H]2[C@H](C1=O)[C@H]1C=C[C@H]2C1. The smallest absolute Gasteiger partial charge is 0.327 e. The number of aliphatic carboxylic acids is 1. The second-order valence-corrected chi connectivity index (χ2v) is 6.59. The fraction of sp³-hybridized carbons (Fsp3) is 0.389. The van der Waals surface area contributed by atoms with Crippen molar-refractivity contribution in [2.24, 2.45) is 23.7 Å². The second kappa shape index (κ2) is 5.05. The van der Waals surface area contributed by atoms with Crippen LogP contribution >= 0.6 is 0 Å². The zero-order valence-electron chi connectivity index (χ0n) is 12.5. The molecule has 3 aliphatic rings. The van der Waals surface area contributed by atoms with Gasteiger partial charge >= 0.3 is 5.97 Å². The number of carboxylic acid groups (broad SMARTS) is 1. The van der Waals surface area contributed by atoms with Crippen molar-refractivity contribution < 1.29 is 19.5 Å². The van der Waals surface area contributed by atoms with Crippen LogP contribution in [0.25, 0.3) is 0 Å². The van der Waals surface area contributed by atoms with Crippen molar-refractivity contribution in [1.29, 1.82) is 0 Å². The van der Waals surface area contributed by atoms with Crippen molar-refractivity contribution in [3.8, 4) is 0 Å². The molecule has 0 unspecified atom stereocenters. The first-order chi connectivity index (χ1) is 11.1. The molecule has 4 rings (SSSR count). The van der Waals surface area contributed by atoms with Gasteiger partial charge in [-0.15, -0.1) is 0 Å². The highest BCUT2D eigenvalue weighted by Crippen LogP contribution is 2.52. The van der Waals surface area contributed by atoms with E-state index in [0.29, 0.717) is 0 Å². The van der Waals surface area contributed by atoms with Crippen molar-refractivity contribution in [2.45, 2.75) is 18.9 Å². The zero-order chi connectivity index (χ0) is 16.1. The molecule has 1 saturated carbocycles. The minimum atomic E-state index is -1.13. The molecule has 5 atom stereocenters. The molecule has 2 bridgehead atoms. The predicted octanol–water partition coefficient (Wildman–Crippen LogP) is 1.49. The number of carbonyl (C=O) groups is 3. The number of allylic oxidation sites excluding steroid dienone is 2. The Hall–Kier alpha value is -2.43. The summed E-state index contributed by atoms with van der Waals surface area (Å²) >= 11 is 0. The van der Waals surface area contributed by atoms with Crippen LogP contribution in [0.2, 0.25) is 0 Å². The quantitative estimate of drug-likeness (QED) is 0.675. The van der Waals surface area contributed by atoms with E-state index >= 15 is 0 Å². The van der Waals surface area contributed by atoms with Crippen LogP contribution in [-0.2, 0) is 20.8 Å². The first-order valence-corrected chi connectivity index (χ1v) is 7.90. The van der Waals surface area contributed by atoms with Crippen molar-refractivity contribution in [1.82, 2.24) is 4.90 Å². The van der Waals surface area contributed by atoms with Crippen molar-refractivity contribution in [3.05, 3.63) is 48.0 Å². The lowest BCUT2D eigenvalue weighted by Gasteiger charge is -2.24. The Morgan fingerprint density at radius 3 is 2.17 bits per heavy atom. The van der Waals surface area contributed by atoms with Crippen molar-refractivity contribution in [3.63, 3.8) is 0 Å². The second-order valence-electron chi connectivity index (χ2n) is 6.59. The van der Waals surface area contributed by atoms with Crippen LogP contribution in [-0.4, -0.2) is 33.8 Å². The predicted molar refractivity (Wildman–Crippen MR) is 81.1 cm³/mol. The van der Waals surface area contributed by atoms with Crippen LogP contribution in [0.5, 0.6) is 0 Å². The Bertz CT molecular complexity index is 681. The fourth-order valence-corrected chi connectivity index (χ4v) is 4.36. The van der Waals surface area contributed by atoms with E-state index in [2.05, 4.69) is 0 Å². The third-order valence-corrected chi connectivity index (χ3v) is 5.37. The Labute approximate surface area is 133 Å². The summed E-state index contributed by atoms with van der Waals surface area (Å²) in [5, 5.41) is 9.58. The number of carbonyl (C=O) groups excluding carboxylic acids is 2. The number of likely N-dealkylation sites (tertiary alicyclic amines) is 1. The van der Waals surface area contributed by atoms with Gasteiger partial charge in [0.15, 0.2) is 0 Å².